The van der Waals surface area contributed by atoms with Gasteiger partial charge in [-0.3, -0.25) is 0 Å². The fraction of sp³-hybridized carbons (Fsp3) is 0.200. The van der Waals surface area contributed by atoms with Gasteiger partial charge in [0.2, 0.25) is 0 Å². The number of hydrogen-bond acceptors (Lipinski definition) is 2. The van der Waals surface area contributed by atoms with E-state index in [1.54, 1.807) is 18.2 Å². The molecule has 0 heterocycles. The number of hydrogen-bond donors (Lipinski definition) is 1. The molecule has 0 aromatic heterocycles. The minimum absolute atomic E-state index is 0.117. The SMILES string of the molecule is NC(CSc1ccc(Cl)cc1)c1ccccc1C(F)(F)F. The molecular formula is C15H13ClF3NS. The van der Waals surface area contributed by atoms with Crippen molar-refractivity contribution < 1.29 is 13.2 Å². The second-order valence-electron chi connectivity index (χ2n) is 4.46. The summed E-state index contributed by atoms with van der Waals surface area (Å²) in [5, 5.41) is 0.617. The van der Waals surface area contributed by atoms with E-state index in [-0.39, 0.29) is 5.56 Å². The van der Waals surface area contributed by atoms with Crippen molar-refractivity contribution in [3.63, 3.8) is 0 Å². The quantitative estimate of drug-likeness (QED) is 0.784. The van der Waals surface area contributed by atoms with Gasteiger partial charge in [0.25, 0.3) is 0 Å². The maximum atomic E-state index is 12.9. The number of benzene rings is 2. The molecule has 0 aliphatic heterocycles. The highest BCUT2D eigenvalue weighted by Gasteiger charge is 2.34. The summed E-state index contributed by atoms with van der Waals surface area (Å²) < 4.78 is 38.8. The first-order valence-corrected chi connectivity index (χ1v) is 7.54. The maximum Gasteiger partial charge on any atom is 0.416 e. The summed E-state index contributed by atoms with van der Waals surface area (Å²) in [6.45, 7) is 0. The van der Waals surface area contributed by atoms with Crippen LogP contribution in [0.3, 0.4) is 0 Å². The van der Waals surface area contributed by atoms with Crippen molar-refractivity contribution in [1.82, 2.24) is 0 Å². The van der Waals surface area contributed by atoms with Crippen LogP contribution in [0, 0.1) is 0 Å². The highest BCUT2D eigenvalue weighted by molar-refractivity contribution is 7.99. The predicted molar refractivity (Wildman–Crippen MR) is 80.5 cm³/mol. The topological polar surface area (TPSA) is 26.0 Å². The molecule has 1 unspecified atom stereocenters. The Labute approximate surface area is 130 Å². The molecule has 0 radical (unpaired) electrons. The summed E-state index contributed by atoms with van der Waals surface area (Å²) in [6.07, 6.45) is -4.39. The van der Waals surface area contributed by atoms with Gasteiger partial charge in [-0.1, -0.05) is 29.8 Å². The van der Waals surface area contributed by atoms with E-state index in [2.05, 4.69) is 0 Å². The van der Waals surface area contributed by atoms with E-state index in [1.165, 1.54) is 23.9 Å². The first-order valence-electron chi connectivity index (χ1n) is 6.18. The molecule has 2 rings (SSSR count). The van der Waals surface area contributed by atoms with E-state index in [0.717, 1.165) is 11.0 Å². The van der Waals surface area contributed by atoms with Crippen LogP contribution in [0.15, 0.2) is 53.4 Å². The van der Waals surface area contributed by atoms with Crippen LogP contribution in [0.1, 0.15) is 17.2 Å². The van der Waals surface area contributed by atoms with Crippen LogP contribution >= 0.6 is 23.4 Å². The van der Waals surface area contributed by atoms with Gasteiger partial charge < -0.3 is 5.73 Å². The van der Waals surface area contributed by atoms with Crippen LogP contribution in [0.4, 0.5) is 13.2 Å². The van der Waals surface area contributed by atoms with E-state index in [1.807, 2.05) is 12.1 Å². The highest BCUT2D eigenvalue weighted by Crippen LogP contribution is 2.35. The second-order valence-corrected chi connectivity index (χ2v) is 5.99. The Morgan fingerprint density at radius 2 is 1.67 bits per heavy atom. The molecule has 1 nitrogen and oxygen atoms in total. The summed E-state index contributed by atoms with van der Waals surface area (Å²) in [4.78, 5) is 0.916. The lowest BCUT2D eigenvalue weighted by molar-refractivity contribution is -0.138. The van der Waals surface area contributed by atoms with E-state index in [0.29, 0.717) is 10.8 Å². The minimum Gasteiger partial charge on any atom is -0.323 e. The Bertz CT molecular complexity index is 599. The molecule has 2 aromatic rings. The van der Waals surface area contributed by atoms with Gasteiger partial charge in [0.1, 0.15) is 0 Å². The summed E-state index contributed by atoms with van der Waals surface area (Å²) in [5.41, 5.74) is 5.37. The fourth-order valence-electron chi connectivity index (χ4n) is 1.89. The molecule has 2 N–H and O–H groups in total. The van der Waals surface area contributed by atoms with Gasteiger partial charge in [0.15, 0.2) is 0 Å². The molecule has 0 spiro atoms. The zero-order valence-corrected chi connectivity index (χ0v) is 12.5. The summed E-state index contributed by atoms with van der Waals surface area (Å²) in [5.74, 6) is 0.356. The largest absolute Gasteiger partial charge is 0.416 e. The molecule has 0 saturated carbocycles. The third kappa shape index (κ3) is 4.40. The number of halogens is 4. The van der Waals surface area contributed by atoms with Crippen molar-refractivity contribution in [2.45, 2.75) is 17.1 Å². The third-order valence-electron chi connectivity index (χ3n) is 2.91. The molecule has 1 atom stereocenters. The van der Waals surface area contributed by atoms with E-state index in [4.69, 9.17) is 17.3 Å². The Hall–Kier alpha value is -1.17. The Morgan fingerprint density at radius 1 is 1.05 bits per heavy atom. The van der Waals surface area contributed by atoms with Crippen molar-refractivity contribution in [2.24, 2.45) is 5.73 Å². The van der Waals surface area contributed by atoms with Crippen molar-refractivity contribution in [2.75, 3.05) is 5.75 Å². The predicted octanol–water partition coefficient (Wildman–Crippen LogP) is 5.15. The van der Waals surface area contributed by atoms with Crippen molar-refractivity contribution >= 4 is 23.4 Å². The molecule has 6 heteroatoms. The molecule has 112 valence electrons. The Balaban J connectivity index is 2.10. The van der Waals surface area contributed by atoms with Gasteiger partial charge in [-0.15, -0.1) is 11.8 Å². The van der Waals surface area contributed by atoms with Crippen molar-refractivity contribution in [3.05, 3.63) is 64.7 Å². The smallest absolute Gasteiger partial charge is 0.323 e. The van der Waals surface area contributed by atoms with Crippen molar-refractivity contribution in [3.8, 4) is 0 Å². The lowest BCUT2D eigenvalue weighted by Crippen LogP contribution is -2.19. The molecule has 0 bridgehead atoms. The number of thioether (sulfide) groups is 1. The molecular weight excluding hydrogens is 319 g/mol. The van der Waals surface area contributed by atoms with E-state index in [9.17, 15) is 13.2 Å². The third-order valence-corrected chi connectivity index (χ3v) is 4.29. The second kappa shape index (κ2) is 6.73. The maximum absolute atomic E-state index is 12.9. The summed E-state index contributed by atoms with van der Waals surface area (Å²) in [7, 11) is 0. The average Bonchev–Trinajstić information content (AvgIpc) is 2.45. The number of nitrogens with two attached hydrogens (primary N) is 1. The fourth-order valence-corrected chi connectivity index (χ4v) is 2.89. The van der Waals surface area contributed by atoms with Gasteiger partial charge in [-0.2, -0.15) is 13.2 Å². The van der Waals surface area contributed by atoms with Crippen LogP contribution in [-0.2, 0) is 6.18 Å². The number of alkyl halides is 3. The summed E-state index contributed by atoms with van der Waals surface area (Å²) >= 11 is 7.18. The highest BCUT2D eigenvalue weighted by atomic mass is 35.5. The number of rotatable bonds is 4. The van der Waals surface area contributed by atoms with Crippen LogP contribution < -0.4 is 5.73 Å². The van der Waals surface area contributed by atoms with Crippen LogP contribution in [-0.4, -0.2) is 5.75 Å². The normalized spacial score (nSPS) is 13.2. The van der Waals surface area contributed by atoms with Crippen LogP contribution in [0.5, 0.6) is 0 Å². The molecule has 0 saturated heterocycles. The first kappa shape index (κ1) is 16.2. The zero-order chi connectivity index (χ0) is 15.5. The molecule has 0 aliphatic carbocycles. The zero-order valence-electron chi connectivity index (χ0n) is 10.9. The van der Waals surface area contributed by atoms with Crippen LogP contribution in [0.25, 0.3) is 0 Å². The first-order chi connectivity index (χ1) is 9.88. The standard InChI is InChI=1S/C15H13ClF3NS/c16-10-5-7-11(8-6-10)21-9-14(20)12-3-1-2-4-13(12)15(17,18)19/h1-8,14H,9,20H2. The molecule has 0 fully saturated rings. The average molecular weight is 332 g/mol. The van der Waals surface area contributed by atoms with Gasteiger partial charge in [-0.05, 0) is 35.9 Å². The monoisotopic (exact) mass is 331 g/mol. The van der Waals surface area contributed by atoms with Gasteiger partial charge >= 0.3 is 6.18 Å². The van der Waals surface area contributed by atoms with Crippen molar-refractivity contribution in [1.29, 1.82) is 0 Å². The summed E-state index contributed by atoms with van der Waals surface area (Å²) in [6, 6.07) is 11.8. The van der Waals surface area contributed by atoms with Gasteiger partial charge in [0.05, 0.1) is 5.56 Å². The lowest BCUT2D eigenvalue weighted by atomic mass is 10.0. The Morgan fingerprint density at radius 3 is 2.29 bits per heavy atom. The van der Waals surface area contributed by atoms with Gasteiger partial charge in [-0.25, -0.2) is 0 Å². The van der Waals surface area contributed by atoms with E-state index >= 15 is 0 Å². The molecule has 0 amide bonds. The van der Waals surface area contributed by atoms with E-state index < -0.39 is 17.8 Å². The molecule has 2 aromatic carbocycles. The van der Waals surface area contributed by atoms with Gasteiger partial charge in [0, 0.05) is 21.7 Å². The Kier molecular flexibility index (Phi) is 5.19. The van der Waals surface area contributed by atoms with Crippen LogP contribution in [0.2, 0.25) is 5.02 Å². The molecule has 0 aliphatic rings. The minimum atomic E-state index is -4.39. The lowest BCUT2D eigenvalue weighted by Gasteiger charge is -2.18. The molecule has 21 heavy (non-hydrogen) atoms.